The third-order valence-electron chi connectivity index (χ3n) is 2.93. The number of carbonyl (C=O) groups excluding carboxylic acids is 1. The van der Waals surface area contributed by atoms with Gasteiger partial charge in [0.25, 0.3) is 0 Å². The Hall–Kier alpha value is -1.72. The second-order valence-corrected chi connectivity index (χ2v) is 5.53. The normalized spacial score (nSPS) is 17.4. The van der Waals surface area contributed by atoms with Crippen LogP contribution in [0.3, 0.4) is 0 Å². The van der Waals surface area contributed by atoms with Crippen LogP contribution in [-0.2, 0) is 5.66 Å². The summed E-state index contributed by atoms with van der Waals surface area (Å²) in [6, 6.07) is 5.29. The molecule has 1 aliphatic rings. The number of hydrogen-bond donors (Lipinski definition) is 0. The Morgan fingerprint density at radius 3 is 1.84 bits per heavy atom. The molecule has 0 fully saturated rings. The zero-order chi connectivity index (χ0) is 14.5. The van der Waals surface area contributed by atoms with Gasteiger partial charge in [-0.2, -0.15) is 13.2 Å². The van der Waals surface area contributed by atoms with E-state index in [4.69, 9.17) is 0 Å². The minimum absolute atomic E-state index is 0.0644. The monoisotopic (exact) mass is 270 g/mol. The zero-order valence-corrected chi connectivity index (χ0v) is 10.7. The van der Waals surface area contributed by atoms with E-state index in [0.29, 0.717) is 5.56 Å². The van der Waals surface area contributed by atoms with Crippen molar-refractivity contribution in [3.8, 4) is 0 Å². The maximum absolute atomic E-state index is 12.8. The highest BCUT2D eigenvalue weighted by Crippen LogP contribution is 2.52. The zero-order valence-electron chi connectivity index (χ0n) is 10.7. The van der Waals surface area contributed by atoms with Crippen LogP contribution >= 0.6 is 0 Å². The summed E-state index contributed by atoms with van der Waals surface area (Å²) in [5.41, 5.74) is -2.67. The molecule has 19 heavy (non-hydrogen) atoms. The second-order valence-electron chi connectivity index (χ2n) is 5.53. The predicted octanol–water partition coefficient (Wildman–Crippen LogP) is 4.10. The van der Waals surface area contributed by atoms with Gasteiger partial charge in [0.05, 0.1) is 0 Å². The molecule has 0 atom stereocenters. The van der Waals surface area contributed by atoms with E-state index < -0.39 is 17.3 Å². The van der Waals surface area contributed by atoms with E-state index in [9.17, 15) is 18.0 Å². The van der Waals surface area contributed by atoms with E-state index in [2.05, 4.69) is 10.2 Å². The maximum atomic E-state index is 12.8. The first kappa shape index (κ1) is 13.7. The van der Waals surface area contributed by atoms with Crippen molar-refractivity contribution < 1.29 is 18.0 Å². The second kappa shape index (κ2) is 3.88. The Labute approximate surface area is 108 Å². The van der Waals surface area contributed by atoms with Gasteiger partial charge in [-0.3, -0.25) is 4.79 Å². The maximum Gasteiger partial charge on any atom is 0.442 e. The van der Waals surface area contributed by atoms with Crippen molar-refractivity contribution in [3.63, 3.8) is 0 Å². The summed E-state index contributed by atoms with van der Waals surface area (Å²) in [4.78, 5) is 12.0. The van der Waals surface area contributed by atoms with Gasteiger partial charge in [0, 0.05) is 16.5 Å². The summed E-state index contributed by atoms with van der Waals surface area (Å²) in [6.07, 6.45) is -4.54. The van der Waals surface area contributed by atoms with Crippen LogP contribution < -0.4 is 0 Å². The Bertz CT molecular complexity index is 532. The molecule has 0 saturated carbocycles. The Morgan fingerprint density at radius 1 is 1.05 bits per heavy atom. The van der Waals surface area contributed by atoms with Crippen LogP contribution in [0.15, 0.2) is 34.5 Å². The molecule has 102 valence electrons. The lowest BCUT2D eigenvalue weighted by Crippen LogP contribution is -2.30. The van der Waals surface area contributed by atoms with Crippen molar-refractivity contribution in [1.29, 1.82) is 0 Å². The van der Waals surface area contributed by atoms with Crippen molar-refractivity contribution >= 4 is 5.78 Å². The number of Topliss-reactive ketones (excluding diaryl/α,β-unsaturated/α-hetero) is 1. The van der Waals surface area contributed by atoms with Crippen molar-refractivity contribution in [2.24, 2.45) is 15.6 Å². The minimum Gasteiger partial charge on any atom is -0.294 e. The Balaban J connectivity index is 2.28. The fraction of sp³-hybridized carbons (Fsp3) is 0.462. The van der Waals surface area contributed by atoms with Crippen molar-refractivity contribution in [3.05, 3.63) is 35.4 Å². The Kier molecular flexibility index (Phi) is 2.80. The molecule has 0 aromatic heterocycles. The average molecular weight is 270 g/mol. The molecule has 0 spiro atoms. The molecule has 0 amide bonds. The lowest BCUT2D eigenvalue weighted by molar-refractivity contribution is -0.166. The fourth-order valence-electron chi connectivity index (χ4n) is 1.73. The molecule has 1 aliphatic heterocycles. The number of alkyl halides is 3. The highest BCUT2D eigenvalue weighted by Gasteiger charge is 2.65. The molecule has 0 aliphatic carbocycles. The van der Waals surface area contributed by atoms with E-state index in [1.54, 1.807) is 20.8 Å². The number of ketones is 1. The largest absolute Gasteiger partial charge is 0.442 e. The highest BCUT2D eigenvalue weighted by molar-refractivity contribution is 5.99. The van der Waals surface area contributed by atoms with E-state index in [-0.39, 0.29) is 11.3 Å². The standard InChI is InChI=1S/C13H13F3N2O/c1-11(2,3)10(19)8-4-6-9(7-5-8)12(17-18-12)13(14,15)16/h4-7H,1-3H3. The summed E-state index contributed by atoms with van der Waals surface area (Å²) in [5.74, 6) is -0.121. The SMILES string of the molecule is CC(C)(C)C(=O)c1ccc(C2(C(F)(F)F)N=N2)cc1. The first-order chi connectivity index (χ1) is 8.58. The van der Waals surface area contributed by atoms with E-state index in [1.165, 1.54) is 24.3 Å². The Morgan fingerprint density at radius 2 is 1.53 bits per heavy atom. The van der Waals surface area contributed by atoms with Crippen LogP contribution in [0.4, 0.5) is 13.2 Å². The topological polar surface area (TPSA) is 41.8 Å². The van der Waals surface area contributed by atoms with Crippen LogP contribution in [0, 0.1) is 5.41 Å². The first-order valence-corrected chi connectivity index (χ1v) is 5.74. The minimum atomic E-state index is -4.54. The van der Waals surface area contributed by atoms with Gasteiger partial charge in [-0.25, -0.2) is 0 Å². The van der Waals surface area contributed by atoms with Gasteiger partial charge in [-0.15, -0.1) is 10.2 Å². The molecule has 0 radical (unpaired) electrons. The third kappa shape index (κ3) is 2.27. The smallest absolute Gasteiger partial charge is 0.294 e. The van der Waals surface area contributed by atoms with E-state index in [1.807, 2.05) is 0 Å². The molecule has 0 saturated heterocycles. The molecule has 0 N–H and O–H groups in total. The third-order valence-corrected chi connectivity index (χ3v) is 2.93. The van der Waals surface area contributed by atoms with Gasteiger partial charge >= 0.3 is 11.8 Å². The van der Waals surface area contributed by atoms with Gasteiger partial charge < -0.3 is 0 Å². The quantitative estimate of drug-likeness (QED) is 0.746. The lowest BCUT2D eigenvalue weighted by Gasteiger charge is -2.18. The van der Waals surface area contributed by atoms with Gasteiger partial charge in [0.15, 0.2) is 5.78 Å². The van der Waals surface area contributed by atoms with E-state index in [0.717, 1.165) is 0 Å². The molecule has 0 unspecified atom stereocenters. The summed E-state index contributed by atoms with van der Waals surface area (Å²) in [6.45, 7) is 5.27. The molecule has 1 heterocycles. The van der Waals surface area contributed by atoms with Crippen LogP contribution in [0.25, 0.3) is 0 Å². The number of halogens is 3. The average Bonchev–Trinajstić information content (AvgIpc) is 3.07. The number of benzene rings is 1. The van der Waals surface area contributed by atoms with Crippen LogP contribution in [0.1, 0.15) is 36.7 Å². The van der Waals surface area contributed by atoms with Crippen molar-refractivity contribution in [2.45, 2.75) is 32.6 Å². The number of rotatable bonds is 2. The molecule has 3 nitrogen and oxygen atoms in total. The predicted molar refractivity (Wildman–Crippen MR) is 62.8 cm³/mol. The van der Waals surface area contributed by atoms with Crippen LogP contribution in [0.5, 0.6) is 0 Å². The summed E-state index contributed by atoms with van der Waals surface area (Å²) < 4.78 is 38.3. The lowest BCUT2D eigenvalue weighted by atomic mass is 9.86. The molecule has 2 rings (SSSR count). The van der Waals surface area contributed by atoms with Gasteiger partial charge in [-0.05, 0) is 0 Å². The number of hydrogen-bond acceptors (Lipinski definition) is 3. The molecule has 1 aromatic rings. The summed E-state index contributed by atoms with van der Waals surface area (Å²) in [7, 11) is 0. The van der Waals surface area contributed by atoms with Crippen LogP contribution in [0.2, 0.25) is 0 Å². The molecule has 1 aromatic carbocycles. The van der Waals surface area contributed by atoms with E-state index >= 15 is 0 Å². The van der Waals surface area contributed by atoms with Crippen LogP contribution in [-0.4, -0.2) is 12.0 Å². The van der Waals surface area contributed by atoms with Gasteiger partial charge in [0.1, 0.15) is 0 Å². The molecular formula is C13H13F3N2O. The molecule has 0 bridgehead atoms. The summed E-state index contributed by atoms with van der Waals surface area (Å²) >= 11 is 0. The van der Waals surface area contributed by atoms with Crippen molar-refractivity contribution in [2.75, 3.05) is 0 Å². The van der Waals surface area contributed by atoms with Gasteiger partial charge in [0.2, 0.25) is 0 Å². The van der Waals surface area contributed by atoms with Gasteiger partial charge in [-0.1, -0.05) is 45.0 Å². The summed E-state index contributed by atoms with van der Waals surface area (Å²) in [5, 5.41) is 6.23. The van der Waals surface area contributed by atoms with Crippen molar-refractivity contribution in [1.82, 2.24) is 0 Å². The fourth-order valence-corrected chi connectivity index (χ4v) is 1.73. The highest BCUT2D eigenvalue weighted by atomic mass is 19.4. The molecular weight excluding hydrogens is 257 g/mol. The molecule has 6 heteroatoms. The number of nitrogens with zero attached hydrogens (tertiary/aromatic N) is 2. The number of carbonyl (C=O) groups is 1. The first-order valence-electron chi connectivity index (χ1n) is 5.74.